The van der Waals surface area contributed by atoms with Crippen molar-refractivity contribution in [3.05, 3.63) is 90.4 Å². The lowest BCUT2D eigenvalue weighted by atomic mass is 10.0. The molecule has 0 heterocycles. The van der Waals surface area contributed by atoms with Gasteiger partial charge in [0.15, 0.2) is 0 Å². The van der Waals surface area contributed by atoms with Gasteiger partial charge in [-0.05, 0) is 45.8 Å². The van der Waals surface area contributed by atoms with E-state index in [-0.39, 0.29) is 27.1 Å². The number of halogens is 3. The summed E-state index contributed by atoms with van der Waals surface area (Å²) in [5.74, 6) is -2.74. The zero-order valence-electron chi connectivity index (χ0n) is 17.5. The standard InChI is InChI=1S/C14H10FNO5.C7H5BrFNO3/c1-21-13-11(6-10(15)7-12(13)16(19)20)8-3-2-4-9(5-8)14(17)18;1-13-7-5(8)2-4(9)3-6(7)10(11)12/h2-7H,1H3,(H,17,18);2-3H,1H3. The van der Waals surface area contributed by atoms with Crippen molar-refractivity contribution >= 4 is 33.3 Å². The van der Waals surface area contributed by atoms with Crippen molar-refractivity contribution in [2.24, 2.45) is 0 Å². The number of benzene rings is 3. The fourth-order valence-corrected chi connectivity index (χ4v) is 3.43. The number of nitrogens with zero attached hydrogens (tertiary/aromatic N) is 2. The molecule has 0 saturated heterocycles. The van der Waals surface area contributed by atoms with Gasteiger partial charge >= 0.3 is 17.3 Å². The van der Waals surface area contributed by atoms with E-state index in [2.05, 4.69) is 15.9 Å². The summed E-state index contributed by atoms with van der Waals surface area (Å²) in [4.78, 5) is 30.9. The number of carboxylic acids is 1. The first-order valence-electron chi connectivity index (χ1n) is 9.03. The van der Waals surface area contributed by atoms with Gasteiger partial charge in [-0.15, -0.1) is 0 Å². The molecule has 3 aromatic carbocycles. The molecule has 10 nitrogen and oxygen atoms in total. The summed E-state index contributed by atoms with van der Waals surface area (Å²) in [5, 5.41) is 30.3. The zero-order valence-corrected chi connectivity index (χ0v) is 19.0. The van der Waals surface area contributed by atoms with Crippen LogP contribution in [0.15, 0.2) is 53.0 Å². The molecule has 3 rings (SSSR count). The van der Waals surface area contributed by atoms with Crippen molar-refractivity contribution in [2.75, 3.05) is 14.2 Å². The van der Waals surface area contributed by atoms with E-state index in [9.17, 15) is 33.8 Å². The minimum Gasteiger partial charge on any atom is -0.490 e. The van der Waals surface area contributed by atoms with Gasteiger partial charge in [-0.3, -0.25) is 20.2 Å². The topological polar surface area (TPSA) is 142 Å². The Kier molecular flexibility index (Phi) is 8.56. The Hall–Kier alpha value is -4.13. The number of rotatable bonds is 6. The Balaban J connectivity index is 0.000000270. The van der Waals surface area contributed by atoms with Crippen molar-refractivity contribution in [1.29, 1.82) is 0 Å². The second kappa shape index (κ2) is 11.1. The first kappa shape index (κ1) is 26.1. The van der Waals surface area contributed by atoms with Gasteiger partial charge in [0.2, 0.25) is 11.5 Å². The number of nitro groups is 2. The number of hydrogen-bond acceptors (Lipinski definition) is 7. The Morgan fingerprint density at radius 2 is 1.44 bits per heavy atom. The molecule has 0 aliphatic carbocycles. The third-order valence-electron chi connectivity index (χ3n) is 4.25. The van der Waals surface area contributed by atoms with Crippen molar-refractivity contribution in [3.63, 3.8) is 0 Å². The third kappa shape index (κ3) is 6.01. The molecule has 0 radical (unpaired) electrons. The van der Waals surface area contributed by atoms with Gasteiger partial charge in [-0.2, -0.15) is 0 Å². The Morgan fingerprint density at radius 3 is 1.94 bits per heavy atom. The largest absolute Gasteiger partial charge is 0.490 e. The van der Waals surface area contributed by atoms with E-state index in [0.29, 0.717) is 5.56 Å². The number of methoxy groups -OCH3 is 2. The quantitative estimate of drug-likeness (QED) is 0.313. The highest BCUT2D eigenvalue weighted by Gasteiger charge is 2.22. The lowest BCUT2D eigenvalue weighted by Crippen LogP contribution is -1.99. The molecule has 178 valence electrons. The first-order valence-corrected chi connectivity index (χ1v) is 9.82. The molecule has 0 aliphatic rings. The van der Waals surface area contributed by atoms with Gasteiger partial charge in [0, 0.05) is 5.56 Å². The second-order valence-electron chi connectivity index (χ2n) is 6.35. The number of aromatic carboxylic acids is 1. The van der Waals surface area contributed by atoms with Crippen LogP contribution in [0.5, 0.6) is 11.5 Å². The highest BCUT2D eigenvalue weighted by Crippen LogP contribution is 2.39. The van der Waals surface area contributed by atoms with Crippen LogP contribution >= 0.6 is 15.9 Å². The number of ether oxygens (including phenoxy) is 2. The van der Waals surface area contributed by atoms with Crippen molar-refractivity contribution in [1.82, 2.24) is 0 Å². The molecule has 13 heteroatoms. The lowest BCUT2D eigenvalue weighted by molar-refractivity contribution is -0.386. The van der Waals surface area contributed by atoms with E-state index < -0.39 is 38.8 Å². The molecule has 34 heavy (non-hydrogen) atoms. The van der Waals surface area contributed by atoms with E-state index in [1.807, 2.05) is 0 Å². The Bertz CT molecular complexity index is 1270. The van der Waals surface area contributed by atoms with E-state index in [1.165, 1.54) is 38.5 Å². The fraction of sp³-hybridized carbons (Fsp3) is 0.0952. The first-order chi connectivity index (χ1) is 16.0. The number of nitro benzene ring substituents is 2. The molecule has 0 saturated carbocycles. The van der Waals surface area contributed by atoms with Gasteiger partial charge in [-0.1, -0.05) is 12.1 Å². The average Bonchev–Trinajstić information content (AvgIpc) is 2.78. The van der Waals surface area contributed by atoms with Crippen molar-refractivity contribution in [3.8, 4) is 22.6 Å². The highest BCUT2D eigenvalue weighted by molar-refractivity contribution is 9.10. The Labute approximate surface area is 198 Å². The van der Waals surface area contributed by atoms with Crippen LogP contribution < -0.4 is 9.47 Å². The molecule has 3 aromatic rings. The van der Waals surface area contributed by atoms with Gasteiger partial charge in [0.1, 0.15) is 11.6 Å². The summed E-state index contributed by atoms with van der Waals surface area (Å²) in [6, 6.07) is 9.38. The summed E-state index contributed by atoms with van der Waals surface area (Å²) < 4.78 is 36.2. The monoisotopic (exact) mass is 540 g/mol. The van der Waals surface area contributed by atoms with Crippen LogP contribution in [0.3, 0.4) is 0 Å². The molecule has 0 bridgehead atoms. The van der Waals surface area contributed by atoms with Crippen LogP contribution in [0.4, 0.5) is 20.2 Å². The molecule has 0 atom stereocenters. The van der Waals surface area contributed by atoms with Crippen LogP contribution in [-0.4, -0.2) is 35.1 Å². The molecule has 0 amide bonds. The van der Waals surface area contributed by atoms with Crippen LogP contribution in [0.25, 0.3) is 11.1 Å². The summed E-state index contributed by atoms with van der Waals surface area (Å²) in [5.41, 5.74) is -0.495. The predicted octanol–water partition coefficient (Wildman–Crippen LogP) is 5.61. The Morgan fingerprint density at radius 1 is 0.912 bits per heavy atom. The molecular formula is C21H15BrF2N2O8. The summed E-state index contributed by atoms with van der Waals surface area (Å²) >= 11 is 2.96. The smallest absolute Gasteiger partial charge is 0.335 e. The van der Waals surface area contributed by atoms with Crippen molar-refractivity contribution < 1.29 is 38.0 Å². The van der Waals surface area contributed by atoms with Crippen LogP contribution in [-0.2, 0) is 0 Å². The third-order valence-corrected chi connectivity index (χ3v) is 4.83. The fourth-order valence-electron chi connectivity index (χ4n) is 2.85. The average molecular weight is 541 g/mol. The van der Waals surface area contributed by atoms with Gasteiger partial charge < -0.3 is 14.6 Å². The molecule has 0 spiro atoms. The number of hydrogen-bond donors (Lipinski definition) is 1. The highest BCUT2D eigenvalue weighted by atomic mass is 79.9. The van der Waals surface area contributed by atoms with Gasteiger partial charge in [-0.25, -0.2) is 13.6 Å². The number of carboxylic acid groups (broad SMARTS) is 1. The zero-order chi connectivity index (χ0) is 25.6. The maximum absolute atomic E-state index is 13.6. The summed E-state index contributed by atoms with van der Waals surface area (Å²) in [6.07, 6.45) is 0. The molecular weight excluding hydrogens is 526 g/mol. The van der Waals surface area contributed by atoms with Gasteiger partial charge in [0.25, 0.3) is 0 Å². The summed E-state index contributed by atoms with van der Waals surface area (Å²) in [7, 11) is 2.51. The molecule has 0 fully saturated rings. The molecule has 1 N–H and O–H groups in total. The van der Waals surface area contributed by atoms with E-state index in [1.54, 1.807) is 0 Å². The van der Waals surface area contributed by atoms with Crippen LogP contribution in [0, 0.1) is 31.9 Å². The SMILES string of the molecule is COc1c(-c2cccc(C(=O)O)c2)cc(F)cc1[N+](=O)[O-].COc1c(Br)cc(F)cc1[N+](=O)[O-]. The molecule has 0 unspecified atom stereocenters. The second-order valence-corrected chi connectivity index (χ2v) is 7.20. The van der Waals surface area contributed by atoms with E-state index in [0.717, 1.165) is 24.3 Å². The minimum atomic E-state index is -1.15. The van der Waals surface area contributed by atoms with Crippen molar-refractivity contribution in [2.45, 2.75) is 0 Å². The van der Waals surface area contributed by atoms with Crippen LogP contribution in [0.2, 0.25) is 0 Å². The normalized spacial score (nSPS) is 10.0. The van der Waals surface area contributed by atoms with Gasteiger partial charge in [0.05, 0.1) is 46.2 Å². The van der Waals surface area contributed by atoms with Crippen LogP contribution in [0.1, 0.15) is 10.4 Å². The van der Waals surface area contributed by atoms with E-state index >= 15 is 0 Å². The maximum atomic E-state index is 13.6. The maximum Gasteiger partial charge on any atom is 0.335 e. The minimum absolute atomic E-state index is 0.0125. The molecule has 0 aromatic heterocycles. The van der Waals surface area contributed by atoms with E-state index in [4.69, 9.17) is 14.6 Å². The molecule has 0 aliphatic heterocycles. The lowest BCUT2D eigenvalue weighted by Gasteiger charge is -2.10. The summed E-state index contributed by atoms with van der Waals surface area (Å²) in [6.45, 7) is 0. The number of carbonyl (C=O) groups is 1. The predicted molar refractivity (Wildman–Crippen MR) is 119 cm³/mol.